The van der Waals surface area contributed by atoms with Crippen LogP contribution in [-0.2, 0) is 13.0 Å². The summed E-state index contributed by atoms with van der Waals surface area (Å²) in [5, 5.41) is 4.26. The van der Waals surface area contributed by atoms with Gasteiger partial charge in [-0.05, 0) is 31.1 Å². The van der Waals surface area contributed by atoms with Crippen molar-refractivity contribution in [1.82, 2.24) is 15.2 Å². The number of nitrogens with one attached hydrogen (secondary N) is 1. The molecule has 0 aliphatic rings. The van der Waals surface area contributed by atoms with E-state index >= 15 is 0 Å². The maximum absolute atomic E-state index is 5.55. The summed E-state index contributed by atoms with van der Waals surface area (Å²) in [7, 11) is 0. The van der Waals surface area contributed by atoms with Gasteiger partial charge in [0.05, 0.1) is 6.20 Å². The Hall–Kier alpha value is -0.520. The van der Waals surface area contributed by atoms with Gasteiger partial charge in [-0.3, -0.25) is 16.0 Å². The molecule has 1 aromatic rings. The summed E-state index contributed by atoms with van der Waals surface area (Å²) in [6.07, 6.45) is 6.19. The first kappa shape index (κ1) is 13.5. The molecule has 4 nitrogen and oxygen atoms in total. The van der Waals surface area contributed by atoms with Gasteiger partial charge < -0.3 is 0 Å². The van der Waals surface area contributed by atoms with Crippen LogP contribution >= 0.6 is 11.8 Å². The average Bonchev–Trinajstić information content (AvgIpc) is 2.75. The molecule has 0 aromatic carbocycles. The Bertz CT molecular complexity index is 287. The number of hydrogen-bond donors (Lipinski definition) is 2. The number of aromatic nitrogens is 2. The maximum atomic E-state index is 5.55. The Morgan fingerprint density at radius 3 is 2.94 bits per heavy atom. The normalized spacial score (nSPS) is 12.9. The van der Waals surface area contributed by atoms with Crippen LogP contribution in [0.2, 0.25) is 0 Å². The van der Waals surface area contributed by atoms with Crippen molar-refractivity contribution in [3.63, 3.8) is 0 Å². The highest BCUT2D eigenvalue weighted by molar-refractivity contribution is 7.99. The van der Waals surface area contributed by atoms with Crippen molar-refractivity contribution in [1.29, 1.82) is 0 Å². The first-order chi connectivity index (χ1) is 7.80. The minimum Gasteiger partial charge on any atom is -0.273 e. The van der Waals surface area contributed by atoms with E-state index in [4.69, 9.17) is 5.84 Å². The third-order valence-electron chi connectivity index (χ3n) is 2.40. The number of hydrogen-bond acceptors (Lipinski definition) is 4. The molecule has 1 heterocycles. The molecule has 1 unspecified atom stereocenters. The molecule has 92 valence electrons. The van der Waals surface area contributed by atoms with Crippen molar-refractivity contribution in [3.05, 3.63) is 18.0 Å². The maximum Gasteiger partial charge on any atom is 0.0522 e. The average molecular weight is 242 g/mol. The minimum atomic E-state index is 0.339. The van der Waals surface area contributed by atoms with E-state index in [0.29, 0.717) is 6.04 Å². The van der Waals surface area contributed by atoms with Gasteiger partial charge in [0, 0.05) is 24.5 Å². The van der Waals surface area contributed by atoms with E-state index in [-0.39, 0.29) is 0 Å². The lowest BCUT2D eigenvalue weighted by atomic mass is 10.1. The van der Waals surface area contributed by atoms with E-state index in [1.807, 2.05) is 22.6 Å². The molecular weight excluding hydrogens is 220 g/mol. The second-order valence-electron chi connectivity index (χ2n) is 3.85. The van der Waals surface area contributed by atoms with E-state index < -0.39 is 0 Å². The van der Waals surface area contributed by atoms with E-state index in [0.717, 1.165) is 18.7 Å². The first-order valence-electron chi connectivity index (χ1n) is 5.85. The Morgan fingerprint density at radius 2 is 2.38 bits per heavy atom. The zero-order valence-corrected chi connectivity index (χ0v) is 11.0. The highest BCUT2D eigenvalue weighted by Crippen LogP contribution is 2.09. The summed E-state index contributed by atoms with van der Waals surface area (Å²) >= 11 is 1.95. The van der Waals surface area contributed by atoms with Crippen LogP contribution in [0.4, 0.5) is 0 Å². The van der Waals surface area contributed by atoms with Crippen LogP contribution in [0.5, 0.6) is 0 Å². The smallest absolute Gasteiger partial charge is 0.0522 e. The Morgan fingerprint density at radius 1 is 1.56 bits per heavy atom. The molecule has 0 saturated carbocycles. The topological polar surface area (TPSA) is 55.9 Å². The van der Waals surface area contributed by atoms with E-state index in [2.05, 4.69) is 30.6 Å². The summed E-state index contributed by atoms with van der Waals surface area (Å²) in [6.45, 7) is 5.21. The summed E-state index contributed by atoms with van der Waals surface area (Å²) < 4.78 is 1.95. The first-order valence-corrected chi connectivity index (χ1v) is 7.00. The zero-order valence-electron chi connectivity index (χ0n) is 10.1. The van der Waals surface area contributed by atoms with Gasteiger partial charge in [-0.1, -0.05) is 6.92 Å². The van der Waals surface area contributed by atoms with Crippen molar-refractivity contribution in [2.24, 2.45) is 5.84 Å². The molecule has 3 N–H and O–H groups in total. The second kappa shape index (κ2) is 7.70. The van der Waals surface area contributed by atoms with Crippen molar-refractivity contribution in [2.45, 2.75) is 39.3 Å². The highest BCUT2D eigenvalue weighted by Gasteiger charge is 2.08. The molecular formula is C11H22N4S. The van der Waals surface area contributed by atoms with E-state index in [1.165, 1.54) is 17.7 Å². The molecule has 0 fully saturated rings. The number of nitrogens with zero attached hydrogens (tertiary/aromatic N) is 2. The number of nitrogens with two attached hydrogens (primary N) is 1. The molecule has 0 bridgehead atoms. The van der Waals surface area contributed by atoms with Gasteiger partial charge in [0.2, 0.25) is 0 Å². The lowest BCUT2D eigenvalue weighted by molar-refractivity contribution is 0.574. The molecule has 0 spiro atoms. The standard InChI is InChI=1S/C11H22N4S/c1-3-5-16-9-11(14-12)6-10-7-13-15(4-2)8-10/h7-8,11,14H,3-6,9,12H2,1-2H3. The predicted molar refractivity (Wildman–Crippen MR) is 70.3 cm³/mol. The fourth-order valence-electron chi connectivity index (χ4n) is 1.51. The number of thioether (sulfide) groups is 1. The van der Waals surface area contributed by atoms with Crippen LogP contribution < -0.4 is 11.3 Å². The molecule has 1 rings (SSSR count). The molecule has 0 amide bonds. The molecule has 0 aliphatic heterocycles. The fourth-order valence-corrected chi connectivity index (χ4v) is 2.46. The SMILES string of the molecule is CCCSCC(Cc1cnn(CC)c1)NN. The molecule has 16 heavy (non-hydrogen) atoms. The van der Waals surface area contributed by atoms with Crippen LogP contribution in [0.15, 0.2) is 12.4 Å². The summed E-state index contributed by atoms with van der Waals surface area (Å²) in [5.74, 6) is 7.81. The summed E-state index contributed by atoms with van der Waals surface area (Å²) in [6, 6.07) is 0.339. The summed E-state index contributed by atoms with van der Waals surface area (Å²) in [5.41, 5.74) is 4.13. The van der Waals surface area contributed by atoms with Gasteiger partial charge in [0.1, 0.15) is 0 Å². The second-order valence-corrected chi connectivity index (χ2v) is 5.00. The summed E-state index contributed by atoms with van der Waals surface area (Å²) in [4.78, 5) is 0. The van der Waals surface area contributed by atoms with Gasteiger partial charge in [0.15, 0.2) is 0 Å². The third kappa shape index (κ3) is 4.55. The molecule has 1 atom stereocenters. The Balaban J connectivity index is 2.36. The van der Waals surface area contributed by atoms with Gasteiger partial charge in [-0.25, -0.2) is 0 Å². The largest absolute Gasteiger partial charge is 0.273 e. The van der Waals surface area contributed by atoms with E-state index in [9.17, 15) is 0 Å². The van der Waals surface area contributed by atoms with Gasteiger partial charge >= 0.3 is 0 Å². The van der Waals surface area contributed by atoms with Crippen molar-refractivity contribution >= 4 is 11.8 Å². The molecule has 1 aromatic heterocycles. The Kier molecular flexibility index (Phi) is 6.52. The van der Waals surface area contributed by atoms with Crippen molar-refractivity contribution in [2.75, 3.05) is 11.5 Å². The lowest BCUT2D eigenvalue weighted by Crippen LogP contribution is -2.38. The van der Waals surface area contributed by atoms with Crippen LogP contribution in [0.3, 0.4) is 0 Å². The van der Waals surface area contributed by atoms with Crippen LogP contribution in [-0.4, -0.2) is 27.3 Å². The van der Waals surface area contributed by atoms with Gasteiger partial charge in [0.25, 0.3) is 0 Å². The Labute approximate surface area is 102 Å². The molecule has 0 aliphatic carbocycles. The number of aryl methyl sites for hydroxylation is 1. The lowest BCUT2D eigenvalue weighted by Gasteiger charge is -2.13. The van der Waals surface area contributed by atoms with Crippen LogP contribution in [0.1, 0.15) is 25.8 Å². The third-order valence-corrected chi connectivity index (χ3v) is 3.73. The van der Waals surface area contributed by atoms with Crippen LogP contribution in [0.25, 0.3) is 0 Å². The minimum absolute atomic E-state index is 0.339. The molecule has 0 radical (unpaired) electrons. The number of hydrazine groups is 1. The predicted octanol–water partition coefficient (Wildman–Crippen LogP) is 1.42. The monoisotopic (exact) mass is 242 g/mol. The van der Waals surface area contributed by atoms with Crippen LogP contribution in [0, 0.1) is 0 Å². The highest BCUT2D eigenvalue weighted by atomic mass is 32.2. The van der Waals surface area contributed by atoms with E-state index in [1.54, 1.807) is 0 Å². The molecule has 5 heteroatoms. The van der Waals surface area contributed by atoms with Gasteiger partial charge in [-0.15, -0.1) is 0 Å². The molecule has 0 saturated heterocycles. The number of rotatable bonds is 8. The zero-order chi connectivity index (χ0) is 11.8. The van der Waals surface area contributed by atoms with Crippen molar-refractivity contribution in [3.8, 4) is 0 Å². The van der Waals surface area contributed by atoms with Gasteiger partial charge in [-0.2, -0.15) is 16.9 Å². The quantitative estimate of drug-likeness (QED) is 0.411. The fraction of sp³-hybridized carbons (Fsp3) is 0.727. The van der Waals surface area contributed by atoms with Crippen molar-refractivity contribution < 1.29 is 0 Å².